The third-order valence-corrected chi connectivity index (χ3v) is 5.16. The Morgan fingerprint density at radius 3 is 2.38 bits per heavy atom. The van der Waals surface area contributed by atoms with Gasteiger partial charge in [-0.25, -0.2) is 0 Å². The van der Waals surface area contributed by atoms with Crippen LogP contribution in [-0.4, -0.2) is 77.8 Å². The summed E-state index contributed by atoms with van der Waals surface area (Å²) >= 11 is 0. The third kappa shape index (κ3) is 4.44. The maximum absolute atomic E-state index is 9.65. The third-order valence-electron chi connectivity index (χ3n) is 5.16. The van der Waals surface area contributed by atoms with Gasteiger partial charge in [0, 0.05) is 57.0 Å². The zero-order valence-electron chi connectivity index (χ0n) is 14.1. The Balaban J connectivity index is 1.78. The predicted molar refractivity (Wildman–Crippen MR) is 88.3 cm³/mol. The highest BCUT2D eigenvalue weighted by atomic mass is 16.3. The maximum Gasteiger partial charge on any atom is 0.0599 e. The second-order valence-electron chi connectivity index (χ2n) is 7.09. The van der Waals surface area contributed by atoms with Crippen LogP contribution in [0, 0.1) is 5.92 Å². The van der Waals surface area contributed by atoms with Crippen LogP contribution in [0.25, 0.3) is 0 Å². The van der Waals surface area contributed by atoms with E-state index in [9.17, 15) is 5.11 Å². The smallest absolute Gasteiger partial charge is 0.0599 e. The molecule has 0 amide bonds. The molecule has 2 aliphatic rings. The molecule has 0 radical (unpaired) electrons. The van der Waals surface area contributed by atoms with Gasteiger partial charge in [0.15, 0.2) is 0 Å². The number of likely N-dealkylation sites (tertiary alicyclic amines) is 1. The zero-order chi connectivity index (χ0) is 15.4. The van der Waals surface area contributed by atoms with Crippen LogP contribution in [0.15, 0.2) is 12.3 Å². The number of nitrogens with zero attached hydrogens (tertiary/aromatic N) is 3. The lowest BCUT2D eigenvalue weighted by atomic mass is 9.95. The Kier molecular flexibility index (Phi) is 6.08. The lowest BCUT2D eigenvalue weighted by Crippen LogP contribution is -2.57. The van der Waals surface area contributed by atoms with Crippen molar-refractivity contribution in [3.63, 3.8) is 0 Å². The quantitative estimate of drug-likeness (QED) is 0.835. The fourth-order valence-corrected chi connectivity index (χ4v) is 3.80. The van der Waals surface area contributed by atoms with E-state index in [0.29, 0.717) is 12.1 Å². The van der Waals surface area contributed by atoms with Crippen LogP contribution in [-0.2, 0) is 0 Å². The molecule has 2 fully saturated rings. The molecule has 0 aliphatic carbocycles. The van der Waals surface area contributed by atoms with E-state index in [1.807, 2.05) is 0 Å². The van der Waals surface area contributed by atoms with E-state index < -0.39 is 0 Å². The molecule has 0 bridgehead atoms. The van der Waals surface area contributed by atoms with Crippen molar-refractivity contribution < 1.29 is 5.11 Å². The van der Waals surface area contributed by atoms with E-state index in [4.69, 9.17) is 0 Å². The van der Waals surface area contributed by atoms with Crippen molar-refractivity contribution in [1.82, 2.24) is 14.7 Å². The van der Waals surface area contributed by atoms with Gasteiger partial charge in [-0.3, -0.25) is 4.90 Å². The van der Waals surface area contributed by atoms with E-state index in [1.54, 1.807) is 0 Å². The van der Waals surface area contributed by atoms with Crippen LogP contribution in [0.4, 0.5) is 0 Å². The van der Waals surface area contributed by atoms with Gasteiger partial charge in [-0.2, -0.15) is 0 Å². The summed E-state index contributed by atoms with van der Waals surface area (Å²) in [6.07, 6.45) is 2.56. The highest BCUT2D eigenvalue weighted by molar-refractivity contribution is 4.92. The number of hydrogen-bond acceptors (Lipinski definition) is 4. The number of hydrogen-bond donors (Lipinski definition) is 1. The first-order valence-electron chi connectivity index (χ1n) is 8.50. The fraction of sp³-hybridized carbons (Fsp3) is 0.882. The van der Waals surface area contributed by atoms with Crippen molar-refractivity contribution in [3.05, 3.63) is 12.3 Å². The Labute approximate surface area is 130 Å². The molecule has 1 N–H and O–H groups in total. The predicted octanol–water partition coefficient (Wildman–Crippen LogP) is 1.62. The number of aliphatic hydroxyl groups excluding tert-OH is 1. The van der Waals surface area contributed by atoms with Crippen molar-refractivity contribution >= 4 is 0 Å². The molecule has 2 rings (SSSR count). The van der Waals surface area contributed by atoms with Crippen molar-refractivity contribution in [2.24, 2.45) is 5.92 Å². The Morgan fingerprint density at radius 2 is 1.86 bits per heavy atom. The summed E-state index contributed by atoms with van der Waals surface area (Å²) in [6, 6.07) is 0.845. The molecule has 0 aromatic heterocycles. The molecule has 1 unspecified atom stereocenters. The van der Waals surface area contributed by atoms with Gasteiger partial charge in [0.1, 0.15) is 0 Å². The van der Waals surface area contributed by atoms with E-state index >= 15 is 0 Å². The molecule has 0 spiro atoms. The fourth-order valence-electron chi connectivity index (χ4n) is 3.80. The summed E-state index contributed by atoms with van der Waals surface area (Å²) in [5, 5.41) is 9.65. The highest BCUT2D eigenvalue weighted by Crippen LogP contribution is 2.22. The summed E-state index contributed by atoms with van der Waals surface area (Å²) in [5.41, 5.74) is 1.21. The van der Waals surface area contributed by atoms with E-state index in [1.165, 1.54) is 25.1 Å². The Bertz CT molecular complexity index is 337. The lowest BCUT2D eigenvalue weighted by molar-refractivity contribution is 0.0117. The molecular weight excluding hydrogens is 262 g/mol. The van der Waals surface area contributed by atoms with Crippen molar-refractivity contribution in [2.75, 3.05) is 45.9 Å². The lowest BCUT2D eigenvalue weighted by Gasteiger charge is -2.44. The summed E-state index contributed by atoms with van der Waals surface area (Å²) in [7, 11) is 0. The Morgan fingerprint density at radius 1 is 1.19 bits per heavy atom. The summed E-state index contributed by atoms with van der Waals surface area (Å²) in [5.74, 6) is 0.811. The van der Waals surface area contributed by atoms with Gasteiger partial charge in [-0.1, -0.05) is 6.58 Å². The zero-order valence-corrected chi connectivity index (χ0v) is 14.1. The van der Waals surface area contributed by atoms with Gasteiger partial charge in [0.2, 0.25) is 0 Å². The van der Waals surface area contributed by atoms with Crippen LogP contribution in [0.5, 0.6) is 0 Å². The van der Waals surface area contributed by atoms with Crippen LogP contribution in [0.2, 0.25) is 0 Å². The van der Waals surface area contributed by atoms with Gasteiger partial charge in [-0.05, 0) is 39.5 Å². The summed E-state index contributed by atoms with van der Waals surface area (Å²) < 4.78 is 0. The number of aliphatic hydroxyl groups is 1. The van der Waals surface area contributed by atoms with Crippen LogP contribution in [0.3, 0.4) is 0 Å². The number of piperidine rings is 1. The number of rotatable bonds is 5. The van der Waals surface area contributed by atoms with Crippen LogP contribution < -0.4 is 0 Å². The first-order chi connectivity index (χ1) is 10.0. The van der Waals surface area contributed by atoms with E-state index in [2.05, 4.69) is 42.0 Å². The van der Waals surface area contributed by atoms with Crippen LogP contribution in [0.1, 0.15) is 33.6 Å². The molecule has 2 saturated heterocycles. The highest BCUT2D eigenvalue weighted by Gasteiger charge is 2.30. The molecule has 2 heterocycles. The van der Waals surface area contributed by atoms with Gasteiger partial charge in [0.05, 0.1) is 6.61 Å². The molecule has 2 aliphatic heterocycles. The molecule has 4 heteroatoms. The van der Waals surface area contributed by atoms with E-state index in [0.717, 1.165) is 38.6 Å². The second kappa shape index (κ2) is 7.61. The van der Waals surface area contributed by atoms with Gasteiger partial charge in [0.25, 0.3) is 0 Å². The topological polar surface area (TPSA) is 30.0 Å². The molecule has 122 valence electrons. The van der Waals surface area contributed by atoms with Crippen molar-refractivity contribution in [2.45, 2.75) is 45.7 Å². The molecular formula is C17H33N3O. The SMILES string of the molecule is C=C(C)N1CCC(CN2CCN(C(C)C)C(CO)C2)CC1. The molecule has 1 atom stereocenters. The minimum atomic E-state index is 0.281. The van der Waals surface area contributed by atoms with Crippen molar-refractivity contribution in [3.8, 4) is 0 Å². The number of piperazine rings is 1. The van der Waals surface area contributed by atoms with Gasteiger partial charge < -0.3 is 14.9 Å². The summed E-state index contributed by atoms with van der Waals surface area (Å²) in [4.78, 5) is 7.42. The minimum Gasteiger partial charge on any atom is -0.395 e. The maximum atomic E-state index is 9.65. The summed E-state index contributed by atoms with van der Waals surface area (Å²) in [6.45, 7) is 17.7. The minimum absolute atomic E-state index is 0.281. The number of allylic oxidation sites excluding steroid dienone is 1. The normalized spacial score (nSPS) is 26.5. The largest absolute Gasteiger partial charge is 0.395 e. The molecule has 21 heavy (non-hydrogen) atoms. The van der Waals surface area contributed by atoms with Crippen LogP contribution >= 0.6 is 0 Å². The van der Waals surface area contributed by atoms with Gasteiger partial charge in [-0.15, -0.1) is 0 Å². The molecule has 4 nitrogen and oxygen atoms in total. The van der Waals surface area contributed by atoms with Crippen molar-refractivity contribution in [1.29, 1.82) is 0 Å². The first-order valence-corrected chi connectivity index (χ1v) is 8.50. The molecule has 0 aromatic carbocycles. The van der Waals surface area contributed by atoms with Gasteiger partial charge >= 0.3 is 0 Å². The average Bonchev–Trinajstić information content (AvgIpc) is 2.47. The average molecular weight is 295 g/mol. The first kappa shape index (κ1) is 16.8. The monoisotopic (exact) mass is 295 g/mol. The standard InChI is InChI=1S/C17H33N3O/c1-14(2)19-7-5-16(6-8-19)11-18-9-10-20(15(3)4)17(12-18)13-21/h15-17,21H,1,5-13H2,2-4H3. The van der Waals surface area contributed by atoms with E-state index in [-0.39, 0.29) is 6.61 Å². The Hall–Kier alpha value is -0.580. The second-order valence-corrected chi connectivity index (χ2v) is 7.09. The molecule has 0 saturated carbocycles. The molecule has 0 aromatic rings.